The lowest BCUT2D eigenvalue weighted by Crippen LogP contribution is -2.44. The van der Waals surface area contributed by atoms with Crippen molar-refractivity contribution in [2.75, 3.05) is 63.2 Å². The van der Waals surface area contributed by atoms with Gasteiger partial charge in [0.25, 0.3) is 0 Å². The first-order chi connectivity index (χ1) is 15.5. The number of hydrogen-bond acceptors (Lipinski definition) is 8. The van der Waals surface area contributed by atoms with Crippen LogP contribution in [0.4, 0.5) is 11.5 Å². The maximum Gasteiger partial charge on any atom is 0.320 e. The maximum absolute atomic E-state index is 9.90. The number of methoxy groups -OCH3 is 1. The van der Waals surface area contributed by atoms with Crippen LogP contribution in [0.5, 0.6) is 6.01 Å². The van der Waals surface area contributed by atoms with E-state index in [2.05, 4.69) is 55.9 Å². The molecule has 0 amide bonds. The Morgan fingerprint density at radius 1 is 0.938 bits per heavy atom. The Hall–Kier alpha value is -2.91. The number of likely N-dealkylation sites (N-methyl/N-ethyl adjacent to an activating group) is 1. The minimum Gasteiger partial charge on any atom is -0.467 e. The third kappa shape index (κ3) is 3.98. The molecule has 2 aromatic heterocycles. The molecule has 0 spiro atoms. The lowest BCUT2D eigenvalue weighted by molar-refractivity contribution is 0.145. The number of benzene rings is 1. The second kappa shape index (κ2) is 8.55. The molecule has 3 aromatic rings. The van der Waals surface area contributed by atoms with Crippen LogP contribution in [0.25, 0.3) is 16.7 Å². The van der Waals surface area contributed by atoms with Crippen molar-refractivity contribution < 1.29 is 9.84 Å². The number of aliphatic hydroxyl groups excluding tert-OH is 1. The van der Waals surface area contributed by atoms with Gasteiger partial charge in [0.05, 0.1) is 24.9 Å². The SMILES string of the molecule is COc1nc(N2CCN(C)CC2)cc(-n2ncc3cc(C)c(N4CCC(O)CC4)cc32)n1. The zero-order valence-electron chi connectivity index (χ0n) is 19.0. The number of aromatic nitrogens is 4. The number of ether oxygens (including phenoxy) is 1. The Kier molecular flexibility index (Phi) is 5.60. The number of hydrogen-bond donors (Lipinski definition) is 1. The molecule has 4 heterocycles. The van der Waals surface area contributed by atoms with Crippen molar-refractivity contribution >= 4 is 22.4 Å². The number of aliphatic hydroxyl groups is 1. The Bertz CT molecular complexity index is 1100. The molecule has 5 rings (SSSR count). The first-order valence-corrected chi connectivity index (χ1v) is 11.3. The van der Waals surface area contributed by atoms with Crippen LogP contribution in [-0.4, -0.2) is 89.3 Å². The number of anilines is 2. The topological polar surface area (TPSA) is 82.8 Å². The number of rotatable bonds is 4. The van der Waals surface area contributed by atoms with E-state index in [0.717, 1.165) is 68.8 Å². The van der Waals surface area contributed by atoms with Crippen LogP contribution in [0, 0.1) is 6.92 Å². The normalized spacial score (nSPS) is 18.5. The summed E-state index contributed by atoms with van der Waals surface area (Å²) in [7, 11) is 3.74. The molecule has 9 nitrogen and oxygen atoms in total. The van der Waals surface area contributed by atoms with E-state index in [-0.39, 0.29) is 6.10 Å². The number of piperidine rings is 1. The molecule has 1 aromatic carbocycles. The standard InChI is InChI=1S/C23H31N7O2/c1-16-12-17-15-24-30(20(17)13-19(16)28-6-4-18(31)5-7-28)22-14-21(25-23(26-22)32-3)29-10-8-27(2)9-11-29/h12-15,18,31H,4-11H2,1-3H3. The van der Waals surface area contributed by atoms with E-state index >= 15 is 0 Å². The van der Waals surface area contributed by atoms with Crippen molar-refractivity contribution in [3.8, 4) is 11.8 Å². The Morgan fingerprint density at radius 3 is 2.38 bits per heavy atom. The fourth-order valence-corrected chi connectivity index (χ4v) is 4.61. The average Bonchev–Trinajstić information content (AvgIpc) is 3.22. The molecule has 2 saturated heterocycles. The van der Waals surface area contributed by atoms with Crippen molar-refractivity contribution in [2.24, 2.45) is 0 Å². The summed E-state index contributed by atoms with van der Waals surface area (Å²) >= 11 is 0. The molecule has 9 heteroatoms. The lowest BCUT2D eigenvalue weighted by Gasteiger charge is -2.33. The van der Waals surface area contributed by atoms with Crippen molar-refractivity contribution in [3.63, 3.8) is 0 Å². The molecule has 0 radical (unpaired) electrons. The summed E-state index contributed by atoms with van der Waals surface area (Å²) in [6.45, 7) is 7.68. The van der Waals surface area contributed by atoms with Gasteiger partial charge in [0.1, 0.15) is 5.82 Å². The highest BCUT2D eigenvalue weighted by molar-refractivity contribution is 5.85. The zero-order valence-corrected chi connectivity index (χ0v) is 19.0. The van der Waals surface area contributed by atoms with Gasteiger partial charge in [-0.25, -0.2) is 4.68 Å². The number of nitrogens with zero attached hydrogens (tertiary/aromatic N) is 7. The van der Waals surface area contributed by atoms with Gasteiger partial charge in [0.2, 0.25) is 0 Å². The van der Waals surface area contributed by atoms with Gasteiger partial charge < -0.3 is 24.5 Å². The zero-order chi connectivity index (χ0) is 22.2. The summed E-state index contributed by atoms with van der Waals surface area (Å²) in [4.78, 5) is 16.2. The predicted molar refractivity (Wildman–Crippen MR) is 125 cm³/mol. The van der Waals surface area contributed by atoms with Crippen molar-refractivity contribution in [1.29, 1.82) is 0 Å². The Labute approximate surface area is 188 Å². The summed E-state index contributed by atoms with van der Waals surface area (Å²) in [5, 5.41) is 15.6. The number of aryl methyl sites for hydroxylation is 1. The van der Waals surface area contributed by atoms with Crippen LogP contribution in [0.3, 0.4) is 0 Å². The van der Waals surface area contributed by atoms with Crippen LogP contribution in [0.15, 0.2) is 24.4 Å². The molecule has 2 fully saturated rings. The fourth-order valence-electron chi connectivity index (χ4n) is 4.61. The molecule has 2 aliphatic rings. The van der Waals surface area contributed by atoms with Crippen molar-refractivity contribution in [1.82, 2.24) is 24.6 Å². The van der Waals surface area contributed by atoms with Gasteiger partial charge in [-0.1, -0.05) is 0 Å². The van der Waals surface area contributed by atoms with Crippen LogP contribution in [-0.2, 0) is 0 Å². The second-order valence-electron chi connectivity index (χ2n) is 8.83. The van der Waals surface area contributed by atoms with Gasteiger partial charge in [0.15, 0.2) is 5.82 Å². The predicted octanol–water partition coefficient (Wildman–Crippen LogP) is 1.85. The summed E-state index contributed by atoms with van der Waals surface area (Å²) in [6, 6.07) is 6.72. The third-order valence-corrected chi connectivity index (χ3v) is 6.60. The van der Waals surface area contributed by atoms with E-state index in [1.54, 1.807) is 7.11 Å². The van der Waals surface area contributed by atoms with E-state index < -0.39 is 0 Å². The van der Waals surface area contributed by atoms with Crippen LogP contribution >= 0.6 is 0 Å². The average molecular weight is 438 g/mol. The van der Waals surface area contributed by atoms with E-state index in [9.17, 15) is 5.11 Å². The van der Waals surface area contributed by atoms with E-state index in [4.69, 9.17) is 4.74 Å². The molecule has 0 saturated carbocycles. The first-order valence-electron chi connectivity index (χ1n) is 11.3. The molecule has 0 aliphatic carbocycles. The number of piperazine rings is 1. The largest absolute Gasteiger partial charge is 0.467 e. The summed E-state index contributed by atoms with van der Waals surface area (Å²) in [6.07, 6.45) is 3.29. The molecule has 2 aliphatic heterocycles. The quantitative estimate of drug-likeness (QED) is 0.662. The monoisotopic (exact) mass is 437 g/mol. The summed E-state index contributed by atoms with van der Waals surface area (Å²) in [5.74, 6) is 1.56. The smallest absolute Gasteiger partial charge is 0.320 e. The minimum absolute atomic E-state index is 0.192. The molecule has 0 bridgehead atoms. The molecule has 32 heavy (non-hydrogen) atoms. The number of fused-ring (bicyclic) bond motifs is 1. The minimum atomic E-state index is -0.192. The molecule has 170 valence electrons. The molecular formula is C23H31N7O2. The molecular weight excluding hydrogens is 406 g/mol. The van der Waals surface area contributed by atoms with Crippen LogP contribution < -0.4 is 14.5 Å². The van der Waals surface area contributed by atoms with Gasteiger partial charge in [0, 0.05) is 56.4 Å². The Balaban J connectivity index is 1.54. The molecule has 0 atom stereocenters. The van der Waals surface area contributed by atoms with E-state index in [1.165, 1.54) is 11.3 Å². The van der Waals surface area contributed by atoms with Gasteiger partial charge in [-0.15, -0.1) is 0 Å². The maximum atomic E-state index is 9.90. The highest BCUT2D eigenvalue weighted by Crippen LogP contribution is 2.30. The van der Waals surface area contributed by atoms with Gasteiger partial charge in [-0.05, 0) is 44.5 Å². The van der Waals surface area contributed by atoms with Gasteiger partial charge in [-0.3, -0.25) is 0 Å². The lowest BCUT2D eigenvalue weighted by atomic mass is 10.0. The van der Waals surface area contributed by atoms with E-state index in [0.29, 0.717) is 11.8 Å². The molecule has 1 N–H and O–H groups in total. The van der Waals surface area contributed by atoms with Crippen LogP contribution in [0.1, 0.15) is 18.4 Å². The third-order valence-electron chi connectivity index (χ3n) is 6.60. The van der Waals surface area contributed by atoms with Crippen molar-refractivity contribution in [3.05, 3.63) is 30.0 Å². The highest BCUT2D eigenvalue weighted by atomic mass is 16.5. The summed E-state index contributed by atoms with van der Waals surface area (Å²) in [5.41, 5.74) is 3.40. The van der Waals surface area contributed by atoms with E-state index in [1.807, 2.05) is 16.9 Å². The first kappa shape index (κ1) is 21.0. The van der Waals surface area contributed by atoms with Gasteiger partial charge >= 0.3 is 6.01 Å². The fraction of sp³-hybridized carbons (Fsp3) is 0.522. The molecule has 0 unspecified atom stereocenters. The highest BCUT2D eigenvalue weighted by Gasteiger charge is 2.21. The van der Waals surface area contributed by atoms with Crippen LogP contribution in [0.2, 0.25) is 0 Å². The second-order valence-corrected chi connectivity index (χ2v) is 8.83. The summed E-state index contributed by atoms with van der Waals surface area (Å²) < 4.78 is 7.31. The Morgan fingerprint density at radius 2 is 1.66 bits per heavy atom. The van der Waals surface area contributed by atoms with Crippen molar-refractivity contribution in [2.45, 2.75) is 25.9 Å². The van der Waals surface area contributed by atoms with Gasteiger partial charge in [-0.2, -0.15) is 15.1 Å².